The Morgan fingerprint density at radius 1 is 1.09 bits per heavy atom. The molecule has 0 saturated carbocycles. The van der Waals surface area contributed by atoms with E-state index >= 15 is 0 Å². The van der Waals surface area contributed by atoms with Crippen molar-refractivity contribution < 1.29 is 23.7 Å². The number of nitro benzene ring substituents is 1. The molecule has 1 heterocycles. The van der Waals surface area contributed by atoms with Crippen molar-refractivity contribution in [2.45, 2.75) is 39.3 Å². The predicted molar refractivity (Wildman–Crippen MR) is 123 cm³/mol. The third-order valence-electron chi connectivity index (χ3n) is 4.81. The minimum absolute atomic E-state index is 0.0500. The molecule has 2 aromatic carbocycles. The van der Waals surface area contributed by atoms with Gasteiger partial charge >= 0.3 is 5.97 Å². The summed E-state index contributed by atoms with van der Waals surface area (Å²) in [7, 11) is 0. The second-order valence-electron chi connectivity index (χ2n) is 7.99. The van der Waals surface area contributed by atoms with Crippen LogP contribution in [0, 0.1) is 16.0 Å². The molecule has 0 aliphatic heterocycles. The number of benzene rings is 2. The van der Waals surface area contributed by atoms with Gasteiger partial charge in [-0.1, -0.05) is 25.4 Å². The van der Waals surface area contributed by atoms with Crippen LogP contribution in [-0.2, 0) is 9.53 Å². The van der Waals surface area contributed by atoms with Gasteiger partial charge in [-0.15, -0.1) is 10.2 Å². The molecule has 11 heteroatoms. The summed E-state index contributed by atoms with van der Waals surface area (Å²) in [4.78, 5) is 35.7. The number of hydrogen-bond donors (Lipinski definition) is 1. The summed E-state index contributed by atoms with van der Waals surface area (Å²) in [6.07, 6.45) is -0.517. The number of ether oxygens (including phenoxy) is 1. The highest BCUT2D eigenvalue weighted by atomic mass is 35.5. The summed E-state index contributed by atoms with van der Waals surface area (Å²) in [5.74, 6) is -0.782. The lowest BCUT2D eigenvalue weighted by molar-refractivity contribution is -0.384. The number of rotatable bonds is 9. The third kappa shape index (κ3) is 6.38. The van der Waals surface area contributed by atoms with E-state index in [0.717, 1.165) is 0 Å². The van der Waals surface area contributed by atoms with Crippen molar-refractivity contribution in [3.8, 4) is 11.5 Å². The zero-order valence-electron chi connectivity index (χ0n) is 18.7. The summed E-state index contributed by atoms with van der Waals surface area (Å²) >= 11 is 5.86. The maximum atomic E-state index is 12.8. The minimum atomic E-state index is -0.886. The zero-order chi connectivity index (χ0) is 24.8. The van der Waals surface area contributed by atoms with Crippen LogP contribution in [-0.4, -0.2) is 33.0 Å². The van der Waals surface area contributed by atoms with E-state index in [9.17, 15) is 19.7 Å². The first-order chi connectivity index (χ1) is 16.1. The van der Waals surface area contributed by atoms with Crippen LogP contribution in [0.3, 0.4) is 0 Å². The Bertz CT molecular complexity index is 1160. The number of nitrogens with one attached hydrogen (secondary N) is 1. The highest BCUT2D eigenvalue weighted by Gasteiger charge is 2.28. The van der Waals surface area contributed by atoms with Crippen LogP contribution >= 0.6 is 11.6 Å². The average molecular weight is 487 g/mol. The monoisotopic (exact) mass is 486 g/mol. The second kappa shape index (κ2) is 10.9. The van der Waals surface area contributed by atoms with Crippen molar-refractivity contribution in [1.29, 1.82) is 0 Å². The number of nitro groups is 1. The fraction of sp³-hybridized carbons (Fsp3) is 0.304. The van der Waals surface area contributed by atoms with Crippen molar-refractivity contribution >= 4 is 29.2 Å². The largest absolute Gasteiger partial charge is 0.451 e. The van der Waals surface area contributed by atoms with Gasteiger partial charge in [-0.05, 0) is 55.7 Å². The van der Waals surface area contributed by atoms with Gasteiger partial charge < -0.3 is 14.5 Å². The topological polar surface area (TPSA) is 137 Å². The Morgan fingerprint density at radius 2 is 1.74 bits per heavy atom. The highest BCUT2D eigenvalue weighted by Crippen LogP contribution is 2.25. The van der Waals surface area contributed by atoms with Crippen LogP contribution < -0.4 is 5.32 Å². The number of non-ortho nitro benzene ring substituents is 1. The first-order valence-corrected chi connectivity index (χ1v) is 10.9. The average Bonchev–Trinajstić information content (AvgIpc) is 3.29. The number of amides is 1. The molecule has 34 heavy (non-hydrogen) atoms. The van der Waals surface area contributed by atoms with Gasteiger partial charge in [-0.25, -0.2) is 4.79 Å². The zero-order valence-corrected chi connectivity index (χ0v) is 19.5. The molecule has 0 bridgehead atoms. The van der Waals surface area contributed by atoms with Crippen LogP contribution in [0.5, 0.6) is 0 Å². The molecule has 2 atom stereocenters. The van der Waals surface area contributed by atoms with E-state index in [1.165, 1.54) is 24.3 Å². The Kier molecular flexibility index (Phi) is 7.95. The van der Waals surface area contributed by atoms with Crippen molar-refractivity contribution in [1.82, 2.24) is 15.5 Å². The van der Waals surface area contributed by atoms with Crippen molar-refractivity contribution in [2.75, 3.05) is 0 Å². The molecule has 3 aromatic rings. The van der Waals surface area contributed by atoms with E-state index in [1.807, 2.05) is 13.8 Å². The smallest absolute Gasteiger partial charge is 0.329 e. The van der Waals surface area contributed by atoms with Crippen molar-refractivity contribution in [3.05, 3.63) is 75.1 Å². The van der Waals surface area contributed by atoms with Crippen LogP contribution in [0.1, 0.15) is 49.5 Å². The number of esters is 1. The molecule has 2 unspecified atom stereocenters. The van der Waals surface area contributed by atoms with Gasteiger partial charge in [0.2, 0.25) is 5.89 Å². The van der Waals surface area contributed by atoms with Gasteiger partial charge in [0.05, 0.1) is 4.92 Å². The van der Waals surface area contributed by atoms with Crippen LogP contribution in [0.4, 0.5) is 5.69 Å². The second-order valence-corrected chi connectivity index (χ2v) is 8.43. The van der Waals surface area contributed by atoms with E-state index < -0.39 is 28.9 Å². The Balaban J connectivity index is 1.68. The minimum Gasteiger partial charge on any atom is -0.451 e. The molecule has 178 valence electrons. The fourth-order valence-electron chi connectivity index (χ4n) is 3.08. The molecule has 0 aliphatic carbocycles. The lowest BCUT2D eigenvalue weighted by atomic mass is 10.0. The Morgan fingerprint density at radius 3 is 2.32 bits per heavy atom. The molecular formula is C23H23ClN4O6. The quantitative estimate of drug-likeness (QED) is 0.260. The first kappa shape index (κ1) is 24.8. The fourth-order valence-corrected chi connectivity index (χ4v) is 3.20. The Hall–Kier alpha value is -3.79. The Labute approximate surface area is 200 Å². The lowest BCUT2D eigenvalue weighted by Crippen LogP contribution is -2.43. The standard InChI is InChI=1S/C23H23ClN4O6/c1-13(2)12-19(25-20(29)15-4-8-17(24)9-5-15)23(30)33-14(3)21-26-27-22(34-21)16-6-10-18(11-7-16)28(31)32/h4-11,13-14,19H,12H2,1-3H3,(H,25,29). The van der Waals surface area contributed by atoms with Gasteiger partial charge in [0.25, 0.3) is 17.5 Å². The lowest BCUT2D eigenvalue weighted by Gasteiger charge is -2.21. The summed E-state index contributed by atoms with van der Waals surface area (Å²) in [5.41, 5.74) is 0.780. The number of aromatic nitrogens is 2. The van der Waals surface area contributed by atoms with Gasteiger partial charge in [-0.2, -0.15) is 0 Å². The number of nitrogens with zero attached hydrogens (tertiary/aromatic N) is 3. The van der Waals surface area contributed by atoms with E-state index in [1.54, 1.807) is 31.2 Å². The molecule has 3 rings (SSSR count). The van der Waals surface area contributed by atoms with Crippen LogP contribution in [0.2, 0.25) is 5.02 Å². The molecule has 0 saturated heterocycles. The van der Waals surface area contributed by atoms with E-state index in [2.05, 4.69) is 15.5 Å². The van der Waals surface area contributed by atoms with E-state index in [-0.39, 0.29) is 23.4 Å². The summed E-state index contributed by atoms with van der Waals surface area (Å²) < 4.78 is 11.1. The van der Waals surface area contributed by atoms with E-state index in [4.69, 9.17) is 20.8 Å². The summed E-state index contributed by atoms with van der Waals surface area (Å²) in [6, 6.07) is 11.0. The number of carbonyl (C=O) groups is 2. The van der Waals surface area contributed by atoms with Gasteiger partial charge in [0.1, 0.15) is 6.04 Å². The molecule has 1 N–H and O–H groups in total. The summed E-state index contributed by atoms with van der Waals surface area (Å²) in [6.45, 7) is 5.41. The first-order valence-electron chi connectivity index (χ1n) is 10.5. The predicted octanol–water partition coefficient (Wildman–Crippen LogP) is 4.75. The molecule has 10 nitrogen and oxygen atoms in total. The van der Waals surface area contributed by atoms with Crippen molar-refractivity contribution in [3.63, 3.8) is 0 Å². The molecule has 0 aliphatic rings. The van der Waals surface area contributed by atoms with Gasteiger partial charge in [-0.3, -0.25) is 14.9 Å². The number of halogens is 1. The molecular weight excluding hydrogens is 464 g/mol. The van der Waals surface area contributed by atoms with Crippen LogP contribution in [0.15, 0.2) is 52.9 Å². The molecule has 1 amide bonds. The maximum absolute atomic E-state index is 12.8. The highest BCUT2D eigenvalue weighted by molar-refractivity contribution is 6.30. The third-order valence-corrected chi connectivity index (χ3v) is 5.06. The normalized spacial score (nSPS) is 12.7. The SMILES string of the molecule is CC(C)CC(NC(=O)c1ccc(Cl)cc1)C(=O)OC(C)c1nnc(-c2ccc([N+](=O)[O-])cc2)o1. The maximum Gasteiger partial charge on any atom is 0.329 e. The van der Waals surface area contributed by atoms with Crippen molar-refractivity contribution in [2.24, 2.45) is 5.92 Å². The molecule has 0 radical (unpaired) electrons. The van der Waals surface area contributed by atoms with Crippen LogP contribution in [0.25, 0.3) is 11.5 Å². The molecule has 1 aromatic heterocycles. The molecule has 0 fully saturated rings. The van der Waals surface area contributed by atoms with E-state index in [0.29, 0.717) is 22.6 Å². The van der Waals surface area contributed by atoms with Gasteiger partial charge in [0, 0.05) is 28.3 Å². The summed E-state index contributed by atoms with van der Waals surface area (Å²) in [5, 5.41) is 21.8. The number of hydrogen-bond acceptors (Lipinski definition) is 8. The number of carbonyl (C=O) groups excluding carboxylic acids is 2. The molecule has 0 spiro atoms. The van der Waals surface area contributed by atoms with Gasteiger partial charge in [0.15, 0.2) is 6.10 Å².